The molecule has 0 saturated heterocycles. The van der Waals surface area contributed by atoms with Gasteiger partial charge in [-0.1, -0.05) is 31.0 Å². The van der Waals surface area contributed by atoms with Gasteiger partial charge in [-0.3, -0.25) is 9.59 Å². The normalized spacial score (nSPS) is 16.6. The summed E-state index contributed by atoms with van der Waals surface area (Å²) in [5, 5.41) is 19.1. The Labute approximate surface area is 124 Å². The summed E-state index contributed by atoms with van der Waals surface area (Å²) < 4.78 is 0. The van der Waals surface area contributed by atoms with Gasteiger partial charge in [-0.05, 0) is 18.9 Å². The van der Waals surface area contributed by atoms with Crippen LogP contribution >= 0.6 is 0 Å². The molecule has 1 aromatic carbocycles. The second-order valence-corrected chi connectivity index (χ2v) is 5.85. The Morgan fingerprint density at radius 3 is 2.43 bits per heavy atom. The van der Waals surface area contributed by atoms with E-state index in [1.807, 2.05) is 0 Å². The molecule has 0 bridgehead atoms. The van der Waals surface area contributed by atoms with E-state index in [1.165, 1.54) is 4.90 Å². The summed E-state index contributed by atoms with van der Waals surface area (Å²) in [6.07, 6.45) is 2.90. The van der Waals surface area contributed by atoms with Crippen molar-refractivity contribution in [3.63, 3.8) is 0 Å². The van der Waals surface area contributed by atoms with Crippen molar-refractivity contribution in [2.24, 2.45) is 5.41 Å². The zero-order valence-corrected chi connectivity index (χ0v) is 12.2. The number of carboxylic acid groups (broad SMARTS) is 1. The average Bonchev–Trinajstić information content (AvgIpc) is 2.91. The summed E-state index contributed by atoms with van der Waals surface area (Å²) in [7, 11) is 1.64. The van der Waals surface area contributed by atoms with E-state index >= 15 is 0 Å². The molecular weight excluding hydrogens is 270 g/mol. The molecular formula is C16H21NO4. The van der Waals surface area contributed by atoms with Crippen LogP contribution in [0.1, 0.15) is 37.7 Å². The van der Waals surface area contributed by atoms with Crippen LogP contribution in [-0.4, -0.2) is 34.0 Å². The van der Waals surface area contributed by atoms with Crippen molar-refractivity contribution in [1.82, 2.24) is 4.90 Å². The van der Waals surface area contributed by atoms with Crippen LogP contribution in [0.15, 0.2) is 24.3 Å². The highest BCUT2D eigenvalue weighted by Gasteiger charge is 2.43. The summed E-state index contributed by atoms with van der Waals surface area (Å²) in [4.78, 5) is 25.3. The zero-order valence-electron chi connectivity index (χ0n) is 12.2. The maximum Gasteiger partial charge on any atom is 0.310 e. The van der Waals surface area contributed by atoms with Gasteiger partial charge in [-0.2, -0.15) is 0 Å². The van der Waals surface area contributed by atoms with Crippen LogP contribution in [0.3, 0.4) is 0 Å². The first-order valence-electron chi connectivity index (χ1n) is 7.19. The van der Waals surface area contributed by atoms with E-state index in [0.29, 0.717) is 18.4 Å². The molecule has 0 unspecified atom stereocenters. The van der Waals surface area contributed by atoms with Crippen molar-refractivity contribution in [1.29, 1.82) is 0 Å². The molecule has 1 aliphatic rings. The zero-order chi connectivity index (χ0) is 15.5. The molecule has 0 heterocycles. The van der Waals surface area contributed by atoms with Crippen LogP contribution in [0.5, 0.6) is 5.75 Å². The number of phenolic OH excluding ortho intramolecular Hbond substituents is 1. The summed E-state index contributed by atoms with van der Waals surface area (Å²) in [5.74, 6) is -0.919. The van der Waals surface area contributed by atoms with Gasteiger partial charge in [-0.15, -0.1) is 0 Å². The third-order valence-electron chi connectivity index (χ3n) is 4.33. The third kappa shape index (κ3) is 3.35. The SMILES string of the molecule is CN(Cc1ccccc1O)C(=O)CC1(C(=O)O)CCCC1. The predicted octanol–water partition coefficient (Wildman–Crippen LogP) is 2.39. The lowest BCUT2D eigenvalue weighted by Crippen LogP contribution is -2.36. The Morgan fingerprint density at radius 2 is 1.86 bits per heavy atom. The minimum absolute atomic E-state index is 0.0342. The van der Waals surface area contributed by atoms with Crippen molar-refractivity contribution in [3.05, 3.63) is 29.8 Å². The van der Waals surface area contributed by atoms with Gasteiger partial charge in [0.1, 0.15) is 5.75 Å². The van der Waals surface area contributed by atoms with Crippen molar-refractivity contribution >= 4 is 11.9 Å². The van der Waals surface area contributed by atoms with Gasteiger partial charge < -0.3 is 15.1 Å². The molecule has 114 valence electrons. The number of carbonyl (C=O) groups is 2. The van der Waals surface area contributed by atoms with E-state index in [0.717, 1.165) is 12.8 Å². The largest absolute Gasteiger partial charge is 0.508 e. The number of phenols is 1. The number of aromatic hydroxyl groups is 1. The molecule has 1 fully saturated rings. The van der Waals surface area contributed by atoms with E-state index in [2.05, 4.69) is 0 Å². The summed E-state index contributed by atoms with van der Waals surface area (Å²) in [6.45, 7) is 0.279. The fraction of sp³-hybridized carbons (Fsp3) is 0.500. The molecule has 2 N–H and O–H groups in total. The van der Waals surface area contributed by atoms with E-state index in [9.17, 15) is 19.8 Å². The monoisotopic (exact) mass is 291 g/mol. The number of amides is 1. The van der Waals surface area contributed by atoms with Gasteiger partial charge in [0.2, 0.25) is 5.91 Å². The lowest BCUT2D eigenvalue weighted by molar-refractivity contribution is -0.153. The molecule has 1 amide bonds. The van der Waals surface area contributed by atoms with Gasteiger partial charge in [0.05, 0.1) is 5.41 Å². The van der Waals surface area contributed by atoms with Crippen LogP contribution < -0.4 is 0 Å². The second-order valence-electron chi connectivity index (χ2n) is 5.85. The molecule has 1 saturated carbocycles. The van der Waals surface area contributed by atoms with E-state index < -0.39 is 11.4 Å². The third-order valence-corrected chi connectivity index (χ3v) is 4.33. The molecule has 0 spiro atoms. The lowest BCUT2D eigenvalue weighted by atomic mass is 9.82. The molecule has 0 atom stereocenters. The van der Waals surface area contributed by atoms with Crippen LogP contribution in [0, 0.1) is 5.41 Å². The van der Waals surface area contributed by atoms with Crippen LogP contribution in [0.25, 0.3) is 0 Å². The van der Waals surface area contributed by atoms with Crippen molar-refractivity contribution < 1.29 is 19.8 Å². The van der Waals surface area contributed by atoms with Crippen molar-refractivity contribution in [2.45, 2.75) is 38.6 Å². The predicted molar refractivity (Wildman–Crippen MR) is 77.7 cm³/mol. The fourth-order valence-electron chi connectivity index (χ4n) is 2.93. The number of hydrogen-bond acceptors (Lipinski definition) is 3. The maximum atomic E-state index is 12.3. The number of rotatable bonds is 5. The molecule has 21 heavy (non-hydrogen) atoms. The number of carbonyl (C=O) groups excluding carboxylic acids is 1. The number of hydrogen-bond donors (Lipinski definition) is 2. The molecule has 5 nitrogen and oxygen atoms in total. The van der Waals surface area contributed by atoms with Crippen molar-refractivity contribution in [2.75, 3.05) is 7.05 Å². The van der Waals surface area contributed by atoms with Gasteiger partial charge in [0.15, 0.2) is 0 Å². The highest BCUT2D eigenvalue weighted by atomic mass is 16.4. The first-order chi connectivity index (χ1) is 9.94. The topological polar surface area (TPSA) is 77.8 Å². The van der Waals surface area contributed by atoms with Crippen LogP contribution in [0.2, 0.25) is 0 Å². The Balaban J connectivity index is 2.03. The minimum atomic E-state index is -0.899. The number of carboxylic acids is 1. The Morgan fingerprint density at radius 1 is 1.24 bits per heavy atom. The number of para-hydroxylation sites is 1. The molecule has 1 aromatic rings. The van der Waals surface area contributed by atoms with E-state index in [4.69, 9.17) is 0 Å². The molecule has 2 rings (SSSR count). The quantitative estimate of drug-likeness (QED) is 0.873. The maximum absolute atomic E-state index is 12.3. The van der Waals surface area contributed by atoms with Gasteiger partial charge >= 0.3 is 5.97 Å². The van der Waals surface area contributed by atoms with Gasteiger partial charge in [0, 0.05) is 25.6 Å². The first-order valence-corrected chi connectivity index (χ1v) is 7.19. The van der Waals surface area contributed by atoms with Gasteiger partial charge in [-0.25, -0.2) is 0 Å². The average molecular weight is 291 g/mol. The highest BCUT2D eigenvalue weighted by Crippen LogP contribution is 2.41. The van der Waals surface area contributed by atoms with Gasteiger partial charge in [0.25, 0.3) is 0 Å². The van der Waals surface area contributed by atoms with E-state index in [1.54, 1.807) is 31.3 Å². The molecule has 1 aliphatic carbocycles. The van der Waals surface area contributed by atoms with E-state index in [-0.39, 0.29) is 24.6 Å². The molecule has 0 radical (unpaired) electrons. The molecule has 0 aliphatic heterocycles. The van der Waals surface area contributed by atoms with Crippen LogP contribution in [-0.2, 0) is 16.1 Å². The Hall–Kier alpha value is -2.04. The molecule has 0 aromatic heterocycles. The van der Waals surface area contributed by atoms with Crippen molar-refractivity contribution in [3.8, 4) is 5.75 Å². The molecule has 5 heteroatoms. The van der Waals surface area contributed by atoms with Crippen LogP contribution in [0.4, 0.5) is 0 Å². The minimum Gasteiger partial charge on any atom is -0.508 e. The highest BCUT2D eigenvalue weighted by molar-refractivity contribution is 5.85. The summed E-state index contributed by atoms with van der Waals surface area (Å²) in [6, 6.07) is 6.84. The Kier molecular flexibility index (Phi) is 4.50. The fourth-order valence-corrected chi connectivity index (χ4v) is 2.93. The number of aliphatic carboxylic acids is 1. The number of benzene rings is 1. The summed E-state index contributed by atoms with van der Waals surface area (Å²) in [5.41, 5.74) is -0.242. The summed E-state index contributed by atoms with van der Waals surface area (Å²) >= 11 is 0. The number of nitrogens with zero attached hydrogens (tertiary/aromatic N) is 1. The smallest absolute Gasteiger partial charge is 0.310 e. The Bertz CT molecular complexity index is 535. The standard InChI is InChI=1S/C16H21NO4/c1-17(11-12-6-2-3-7-13(12)18)14(19)10-16(15(20)21)8-4-5-9-16/h2-3,6-7,18H,4-5,8-11H2,1H3,(H,20,21). The second kappa shape index (κ2) is 6.16. The first kappa shape index (κ1) is 15.4. The lowest BCUT2D eigenvalue weighted by Gasteiger charge is -2.26.